The smallest absolute Gasteiger partial charge is 0.275 e. The zero-order chi connectivity index (χ0) is 13.8. The monoisotopic (exact) mass is 281 g/mol. The minimum Gasteiger partial charge on any atom is -0.296 e. The zero-order valence-electron chi connectivity index (χ0n) is 11.7. The van der Waals surface area contributed by atoms with E-state index in [1.165, 1.54) is 47.5 Å². The fourth-order valence-electron chi connectivity index (χ4n) is 2.85. The number of carbonyl (C=O) groups is 1. The molecule has 4 nitrogen and oxygen atoms in total. The molecule has 0 bridgehead atoms. The number of rotatable bonds is 5. The first-order valence-corrected chi connectivity index (χ1v) is 7.81. The molecule has 5 heteroatoms. The highest BCUT2D eigenvalue weighted by Crippen LogP contribution is 2.28. The third kappa shape index (κ3) is 3.35. The number of carbonyl (C=O) groups excluding carboxylic acids is 1. The molecule has 1 aromatic rings. The van der Waals surface area contributed by atoms with Crippen LogP contribution in [0.4, 0.5) is 0 Å². The maximum Gasteiger partial charge on any atom is 0.275 e. The number of thiophene rings is 1. The van der Waals surface area contributed by atoms with Crippen LogP contribution in [0.1, 0.15) is 52.7 Å². The van der Waals surface area contributed by atoms with Crippen LogP contribution in [0.2, 0.25) is 0 Å². The Balaban J connectivity index is 2.08. The molecule has 0 unspecified atom stereocenters. The lowest BCUT2D eigenvalue weighted by atomic mass is 10.1. The average molecular weight is 281 g/mol. The third-order valence-corrected chi connectivity index (χ3v) is 5.09. The van der Waals surface area contributed by atoms with E-state index >= 15 is 0 Å². The third-order valence-electron chi connectivity index (χ3n) is 4.00. The minimum atomic E-state index is -0.191. The Morgan fingerprint density at radius 1 is 1.53 bits per heavy atom. The van der Waals surface area contributed by atoms with Crippen LogP contribution in [-0.4, -0.2) is 23.4 Å². The maximum atomic E-state index is 11.6. The molecule has 0 radical (unpaired) electrons. The van der Waals surface area contributed by atoms with Gasteiger partial charge in [0.15, 0.2) is 0 Å². The number of hydrogen-bond acceptors (Lipinski definition) is 4. The van der Waals surface area contributed by atoms with Crippen molar-refractivity contribution >= 4 is 17.2 Å². The highest BCUT2D eigenvalue weighted by molar-refractivity contribution is 7.14. The number of nitrogen functional groups attached to an aromatic ring is 1. The van der Waals surface area contributed by atoms with Gasteiger partial charge in [-0.25, -0.2) is 5.84 Å². The molecule has 106 valence electrons. The molecule has 1 saturated carbocycles. The summed E-state index contributed by atoms with van der Waals surface area (Å²) in [6.07, 6.45) is 5.33. The van der Waals surface area contributed by atoms with Gasteiger partial charge in [-0.1, -0.05) is 19.8 Å². The summed E-state index contributed by atoms with van der Waals surface area (Å²) in [6.45, 7) is 6.31. The van der Waals surface area contributed by atoms with Gasteiger partial charge in [0.25, 0.3) is 5.91 Å². The Kier molecular flexibility index (Phi) is 4.96. The first-order valence-electron chi connectivity index (χ1n) is 7.00. The van der Waals surface area contributed by atoms with Gasteiger partial charge in [-0.3, -0.25) is 15.1 Å². The molecule has 0 aliphatic heterocycles. The van der Waals surface area contributed by atoms with Crippen LogP contribution >= 0.6 is 11.3 Å². The molecule has 0 atom stereocenters. The van der Waals surface area contributed by atoms with Gasteiger partial charge in [0, 0.05) is 17.5 Å². The van der Waals surface area contributed by atoms with Crippen molar-refractivity contribution in [3.8, 4) is 0 Å². The molecule has 1 aliphatic carbocycles. The van der Waals surface area contributed by atoms with Gasteiger partial charge < -0.3 is 0 Å². The lowest BCUT2D eigenvalue weighted by Crippen LogP contribution is -2.32. The molecule has 0 aromatic carbocycles. The van der Waals surface area contributed by atoms with Crippen LogP contribution in [0.3, 0.4) is 0 Å². The first-order chi connectivity index (χ1) is 9.15. The van der Waals surface area contributed by atoms with Gasteiger partial charge in [-0.05, 0) is 37.9 Å². The van der Waals surface area contributed by atoms with Gasteiger partial charge in [-0.2, -0.15) is 0 Å². The molecule has 19 heavy (non-hydrogen) atoms. The Morgan fingerprint density at radius 3 is 2.79 bits per heavy atom. The number of aryl methyl sites for hydroxylation is 1. The van der Waals surface area contributed by atoms with Crippen molar-refractivity contribution in [3.05, 3.63) is 21.4 Å². The average Bonchev–Trinajstić information content (AvgIpc) is 3.05. The topological polar surface area (TPSA) is 58.4 Å². The molecule has 1 aromatic heterocycles. The summed E-state index contributed by atoms with van der Waals surface area (Å²) >= 11 is 1.52. The van der Waals surface area contributed by atoms with E-state index in [4.69, 9.17) is 5.84 Å². The summed E-state index contributed by atoms with van der Waals surface area (Å²) in [5.41, 5.74) is 3.46. The standard InChI is InChI=1S/C14H23N3OS/c1-3-17(12-6-4-5-7-12)9-11-8-13(14(18)16-15)19-10(11)2/h8,12H,3-7,9,15H2,1-2H3,(H,16,18). The summed E-state index contributed by atoms with van der Waals surface area (Å²) in [5, 5.41) is 0. The van der Waals surface area contributed by atoms with Crippen LogP contribution in [-0.2, 0) is 6.54 Å². The fourth-order valence-corrected chi connectivity index (χ4v) is 3.78. The Hall–Kier alpha value is -0.910. The fraction of sp³-hybridized carbons (Fsp3) is 0.643. The number of amides is 1. The second-order valence-electron chi connectivity index (χ2n) is 5.17. The van der Waals surface area contributed by atoms with E-state index in [2.05, 4.69) is 24.2 Å². The van der Waals surface area contributed by atoms with Gasteiger partial charge in [-0.15, -0.1) is 11.3 Å². The van der Waals surface area contributed by atoms with E-state index in [-0.39, 0.29) is 5.91 Å². The van der Waals surface area contributed by atoms with Crippen molar-refractivity contribution in [1.82, 2.24) is 10.3 Å². The molecule has 3 N–H and O–H groups in total. The van der Waals surface area contributed by atoms with Crippen molar-refractivity contribution in [2.45, 2.75) is 52.1 Å². The predicted molar refractivity (Wildman–Crippen MR) is 79.0 cm³/mol. The second-order valence-corrected chi connectivity index (χ2v) is 6.42. The van der Waals surface area contributed by atoms with E-state index in [1.54, 1.807) is 0 Å². The molecule has 2 rings (SSSR count). The van der Waals surface area contributed by atoms with Crippen molar-refractivity contribution < 1.29 is 4.79 Å². The number of nitrogens with one attached hydrogen (secondary N) is 1. The molecule has 1 heterocycles. The Morgan fingerprint density at radius 2 is 2.21 bits per heavy atom. The number of hydrogen-bond donors (Lipinski definition) is 2. The van der Waals surface area contributed by atoms with E-state index < -0.39 is 0 Å². The highest BCUT2D eigenvalue weighted by atomic mass is 32.1. The highest BCUT2D eigenvalue weighted by Gasteiger charge is 2.22. The van der Waals surface area contributed by atoms with Crippen LogP contribution in [0.25, 0.3) is 0 Å². The number of hydrazine groups is 1. The van der Waals surface area contributed by atoms with Gasteiger partial charge >= 0.3 is 0 Å². The summed E-state index contributed by atoms with van der Waals surface area (Å²) in [7, 11) is 0. The quantitative estimate of drug-likeness (QED) is 0.495. The maximum absolute atomic E-state index is 11.6. The van der Waals surface area contributed by atoms with Crippen molar-refractivity contribution in [2.75, 3.05) is 6.54 Å². The van der Waals surface area contributed by atoms with Crippen LogP contribution in [0.15, 0.2) is 6.07 Å². The van der Waals surface area contributed by atoms with Crippen molar-refractivity contribution in [3.63, 3.8) is 0 Å². The van der Waals surface area contributed by atoms with Crippen molar-refractivity contribution in [1.29, 1.82) is 0 Å². The lowest BCUT2D eigenvalue weighted by Gasteiger charge is -2.27. The van der Waals surface area contributed by atoms with E-state index in [1.807, 2.05) is 6.07 Å². The molecule has 1 aliphatic rings. The van der Waals surface area contributed by atoms with Gasteiger partial charge in [0.1, 0.15) is 0 Å². The van der Waals surface area contributed by atoms with E-state index in [0.29, 0.717) is 4.88 Å². The summed E-state index contributed by atoms with van der Waals surface area (Å²) < 4.78 is 0. The Labute approximate surface area is 118 Å². The summed E-state index contributed by atoms with van der Waals surface area (Å²) in [6, 6.07) is 2.70. The number of nitrogens with zero attached hydrogens (tertiary/aromatic N) is 1. The molecular weight excluding hydrogens is 258 g/mol. The SMILES string of the molecule is CCN(Cc1cc(C(=O)NN)sc1C)C1CCCC1. The number of nitrogens with two attached hydrogens (primary N) is 1. The molecule has 0 saturated heterocycles. The molecular formula is C14H23N3OS. The second kappa shape index (κ2) is 6.50. The largest absolute Gasteiger partial charge is 0.296 e. The van der Waals surface area contributed by atoms with E-state index in [9.17, 15) is 4.79 Å². The molecule has 1 amide bonds. The Bertz CT molecular complexity index is 438. The van der Waals surface area contributed by atoms with Crippen LogP contribution < -0.4 is 11.3 Å². The molecule has 1 fully saturated rings. The predicted octanol–water partition coefficient (Wildman–Crippen LogP) is 2.42. The van der Waals surface area contributed by atoms with Gasteiger partial charge in [0.05, 0.1) is 4.88 Å². The van der Waals surface area contributed by atoms with Crippen molar-refractivity contribution in [2.24, 2.45) is 5.84 Å². The van der Waals surface area contributed by atoms with Crippen LogP contribution in [0, 0.1) is 6.92 Å². The van der Waals surface area contributed by atoms with Crippen LogP contribution in [0.5, 0.6) is 0 Å². The molecule has 0 spiro atoms. The summed E-state index contributed by atoms with van der Waals surface area (Å²) in [4.78, 5) is 16.0. The lowest BCUT2D eigenvalue weighted by molar-refractivity contribution is 0.0957. The normalized spacial score (nSPS) is 16.2. The summed E-state index contributed by atoms with van der Waals surface area (Å²) in [5.74, 6) is 5.00. The van der Waals surface area contributed by atoms with E-state index in [0.717, 1.165) is 19.1 Å². The first kappa shape index (κ1) is 14.5. The van der Waals surface area contributed by atoms with Gasteiger partial charge in [0.2, 0.25) is 0 Å². The zero-order valence-corrected chi connectivity index (χ0v) is 12.6. The minimum absolute atomic E-state index is 0.191.